The molecule has 0 unspecified atom stereocenters. The molecule has 0 fully saturated rings. The Balaban J connectivity index is 3.34. The van der Waals surface area contributed by atoms with Crippen LogP contribution in [0.25, 0.3) is 0 Å². The maximum Gasteiger partial charge on any atom is 0.307 e. The first-order chi connectivity index (χ1) is 7.47. The number of hydrogen-bond donors (Lipinski definition) is 1. The fourth-order valence-corrected chi connectivity index (χ4v) is 1.85. The third-order valence-electron chi connectivity index (χ3n) is 1.98. The van der Waals surface area contributed by atoms with Gasteiger partial charge < -0.3 is 5.11 Å². The van der Waals surface area contributed by atoms with Crippen LogP contribution in [0.5, 0.6) is 0 Å². The summed E-state index contributed by atoms with van der Waals surface area (Å²) in [5, 5.41) is 8.59. The summed E-state index contributed by atoms with van der Waals surface area (Å²) >= 11 is 11.2. The highest BCUT2D eigenvalue weighted by Crippen LogP contribution is 2.29. The molecule has 3 nitrogen and oxygen atoms in total. The van der Waals surface area contributed by atoms with Crippen molar-refractivity contribution >= 4 is 29.2 Å². The zero-order chi connectivity index (χ0) is 12.3. The van der Waals surface area contributed by atoms with Crippen LogP contribution in [0.15, 0.2) is 6.20 Å². The van der Waals surface area contributed by atoms with Crippen molar-refractivity contribution in [3.8, 4) is 0 Å². The van der Waals surface area contributed by atoms with E-state index in [2.05, 4.69) is 4.98 Å². The molecule has 1 aromatic heterocycles. The quantitative estimate of drug-likeness (QED) is 0.675. The van der Waals surface area contributed by atoms with Crippen LogP contribution in [0.4, 0.5) is 8.78 Å². The summed E-state index contributed by atoms with van der Waals surface area (Å²) in [5.74, 6) is -1.38. The van der Waals surface area contributed by atoms with Crippen molar-refractivity contribution in [1.82, 2.24) is 4.98 Å². The third-order valence-corrected chi connectivity index (χ3v) is 2.57. The fraction of sp³-hybridized carbons (Fsp3) is 0.333. The lowest BCUT2D eigenvalue weighted by Crippen LogP contribution is -2.08. The number of alkyl halides is 3. The van der Waals surface area contributed by atoms with Gasteiger partial charge >= 0.3 is 5.97 Å². The maximum atomic E-state index is 12.6. The van der Waals surface area contributed by atoms with E-state index in [0.29, 0.717) is 0 Å². The second-order valence-electron chi connectivity index (χ2n) is 2.97. The normalized spacial score (nSPS) is 10.8. The van der Waals surface area contributed by atoms with Gasteiger partial charge in [0.1, 0.15) is 5.15 Å². The van der Waals surface area contributed by atoms with Crippen molar-refractivity contribution in [1.29, 1.82) is 0 Å². The van der Waals surface area contributed by atoms with Crippen molar-refractivity contribution in [2.45, 2.75) is 18.7 Å². The van der Waals surface area contributed by atoms with Crippen LogP contribution in [0.1, 0.15) is 23.1 Å². The third kappa shape index (κ3) is 2.80. The number of hydrogen-bond acceptors (Lipinski definition) is 2. The minimum Gasteiger partial charge on any atom is -0.481 e. The van der Waals surface area contributed by atoms with E-state index in [1.165, 1.54) is 0 Å². The number of carboxylic acid groups (broad SMARTS) is 1. The van der Waals surface area contributed by atoms with E-state index >= 15 is 0 Å². The van der Waals surface area contributed by atoms with Crippen molar-refractivity contribution in [2.75, 3.05) is 0 Å². The maximum absolute atomic E-state index is 12.6. The standard InChI is InChI=1S/C9H7Cl2F2NO2/c10-2-5-4(1-7(15)16)6(9(12)13)3-14-8(5)11/h3,9H,1-2H2,(H,15,16). The SMILES string of the molecule is O=C(O)Cc1c(C(F)F)cnc(Cl)c1CCl. The van der Waals surface area contributed by atoms with Crippen LogP contribution in [-0.2, 0) is 17.1 Å². The van der Waals surface area contributed by atoms with E-state index in [1.54, 1.807) is 0 Å². The minimum atomic E-state index is -2.80. The lowest BCUT2D eigenvalue weighted by atomic mass is 10.0. The van der Waals surface area contributed by atoms with Gasteiger partial charge in [-0.25, -0.2) is 13.8 Å². The highest BCUT2D eigenvalue weighted by Gasteiger charge is 2.20. The summed E-state index contributed by atoms with van der Waals surface area (Å²) < 4.78 is 25.2. The number of carbonyl (C=O) groups is 1. The second kappa shape index (κ2) is 5.41. The Morgan fingerprint density at radius 1 is 1.50 bits per heavy atom. The Kier molecular flexibility index (Phi) is 4.44. The van der Waals surface area contributed by atoms with Gasteiger partial charge in [-0.2, -0.15) is 0 Å². The van der Waals surface area contributed by atoms with Crippen LogP contribution in [0.2, 0.25) is 5.15 Å². The molecule has 1 rings (SSSR count). The molecule has 7 heteroatoms. The molecule has 1 heterocycles. The van der Waals surface area contributed by atoms with Crippen LogP contribution in [0.3, 0.4) is 0 Å². The first-order valence-electron chi connectivity index (χ1n) is 4.19. The van der Waals surface area contributed by atoms with Gasteiger partial charge in [0, 0.05) is 17.3 Å². The number of rotatable bonds is 4. The monoisotopic (exact) mass is 269 g/mol. The first kappa shape index (κ1) is 13.1. The number of aliphatic carboxylic acids is 1. The molecule has 0 saturated carbocycles. The van der Waals surface area contributed by atoms with Gasteiger partial charge in [0.15, 0.2) is 0 Å². The predicted molar refractivity (Wildman–Crippen MR) is 55.1 cm³/mol. The average Bonchev–Trinajstić information content (AvgIpc) is 2.16. The summed E-state index contributed by atoms with van der Waals surface area (Å²) in [7, 11) is 0. The highest BCUT2D eigenvalue weighted by atomic mass is 35.5. The molecule has 1 N–H and O–H groups in total. The molecular formula is C9H7Cl2F2NO2. The summed E-state index contributed by atoms with van der Waals surface area (Å²) in [6.45, 7) is 0. The largest absolute Gasteiger partial charge is 0.481 e. The van der Waals surface area contributed by atoms with E-state index in [0.717, 1.165) is 6.20 Å². The van der Waals surface area contributed by atoms with Crippen LogP contribution >= 0.6 is 23.2 Å². The molecule has 16 heavy (non-hydrogen) atoms. The molecule has 0 bridgehead atoms. The zero-order valence-electron chi connectivity index (χ0n) is 7.88. The number of aromatic nitrogens is 1. The lowest BCUT2D eigenvalue weighted by molar-refractivity contribution is -0.136. The van der Waals surface area contributed by atoms with Gasteiger partial charge in [0.05, 0.1) is 12.3 Å². The molecule has 0 aliphatic rings. The smallest absolute Gasteiger partial charge is 0.307 e. The highest BCUT2D eigenvalue weighted by molar-refractivity contribution is 6.31. The molecule has 0 aliphatic heterocycles. The number of nitrogens with zero attached hydrogens (tertiary/aromatic N) is 1. The molecule has 0 spiro atoms. The molecule has 1 aromatic rings. The van der Waals surface area contributed by atoms with Crippen molar-refractivity contribution < 1.29 is 18.7 Å². The summed E-state index contributed by atoms with van der Waals surface area (Å²) in [4.78, 5) is 14.1. The lowest BCUT2D eigenvalue weighted by Gasteiger charge is -2.11. The van der Waals surface area contributed by atoms with Gasteiger partial charge in [-0.05, 0) is 5.56 Å². The van der Waals surface area contributed by atoms with Gasteiger partial charge in [-0.15, -0.1) is 11.6 Å². The van der Waals surface area contributed by atoms with Gasteiger partial charge in [0.25, 0.3) is 6.43 Å². The molecule has 0 amide bonds. The zero-order valence-corrected chi connectivity index (χ0v) is 9.40. The molecule has 0 aromatic carbocycles. The Morgan fingerprint density at radius 2 is 2.12 bits per heavy atom. The average molecular weight is 270 g/mol. The molecule has 0 aliphatic carbocycles. The van der Waals surface area contributed by atoms with Crippen LogP contribution in [0, 0.1) is 0 Å². The molecule has 0 atom stereocenters. The molecule has 88 valence electrons. The molecular weight excluding hydrogens is 263 g/mol. The first-order valence-corrected chi connectivity index (χ1v) is 5.10. The molecule has 0 saturated heterocycles. The van der Waals surface area contributed by atoms with Gasteiger partial charge in [-0.3, -0.25) is 4.79 Å². The number of halogens is 4. The second-order valence-corrected chi connectivity index (χ2v) is 3.59. The van der Waals surface area contributed by atoms with E-state index in [9.17, 15) is 13.6 Å². The van der Waals surface area contributed by atoms with Crippen LogP contribution in [-0.4, -0.2) is 16.1 Å². The van der Waals surface area contributed by atoms with Crippen molar-refractivity contribution in [3.63, 3.8) is 0 Å². The van der Waals surface area contributed by atoms with Gasteiger partial charge in [0.2, 0.25) is 0 Å². The summed E-state index contributed by atoms with van der Waals surface area (Å²) in [6.07, 6.45) is -2.48. The van der Waals surface area contributed by atoms with Crippen molar-refractivity contribution in [3.05, 3.63) is 28.0 Å². The van der Waals surface area contributed by atoms with E-state index in [-0.39, 0.29) is 22.2 Å². The number of carboxylic acids is 1. The van der Waals surface area contributed by atoms with E-state index < -0.39 is 24.4 Å². The minimum absolute atomic E-state index is 0.0457. The van der Waals surface area contributed by atoms with Gasteiger partial charge in [-0.1, -0.05) is 11.6 Å². The molecule has 0 radical (unpaired) electrons. The number of pyridine rings is 1. The van der Waals surface area contributed by atoms with Crippen molar-refractivity contribution in [2.24, 2.45) is 0 Å². The summed E-state index contributed by atoms with van der Waals surface area (Å²) in [5.41, 5.74) is -0.358. The van der Waals surface area contributed by atoms with Crippen LogP contribution < -0.4 is 0 Å². The van der Waals surface area contributed by atoms with E-state index in [1.807, 2.05) is 0 Å². The Bertz CT molecular complexity index is 413. The fourth-order valence-electron chi connectivity index (χ4n) is 1.26. The topological polar surface area (TPSA) is 50.2 Å². The van der Waals surface area contributed by atoms with E-state index in [4.69, 9.17) is 28.3 Å². The Labute approximate surface area is 100 Å². The Hall–Kier alpha value is -0.940. The predicted octanol–water partition coefficient (Wildman–Crippen LogP) is 3.04. The summed E-state index contributed by atoms with van der Waals surface area (Å²) in [6, 6.07) is 0. The Morgan fingerprint density at radius 3 is 2.56 bits per heavy atom.